The molecule has 168 valence electrons. The van der Waals surface area contributed by atoms with Gasteiger partial charge in [-0.2, -0.15) is 13.2 Å². The van der Waals surface area contributed by atoms with Crippen molar-refractivity contribution in [3.8, 4) is 0 Å². The molecular weight excluding hydrogens is 462 g/mol. The third-order valence-corrected chi connectivity index (χ3v) is 6.61. The normalized spacial score (nSPS) is 19.9. The molecule has 1 heterocycles. The molecule has 3 nitrogen and oxygen atoms in total. The molecule has 1 aliphatic heterocycles. The van der Waals surface area contributed by atoms with Gasteiger partial charge in [0.05, 0.1) is 21.0 Å². The number of amides is 1. The SMILES string of the molecule is Cc1cc(C2(C(C)(F)F)CC(=O)N(c3ccc(CN)c(C(F)(F)F)c3)C2)cc(Cl)c1Cl. The molecule has 0 saturated carbocycles. The van der Waals surface area contributed by atoms with Gasteiger partial charge in [-0.15, -0.1) is 0 Å². The van der Waals surface area contributed by atoms with Crippen LogP contribution in [0.5, 0.6) is 0 Å². The zero-order valence-electron chi connectivity index (χ0n) is 16.6. The van der Waals surface area contributed by atoms with Crippen molar-refractivity contribution in [3.63, 3.8) is 0 Å². The zero-order chi connectivity index (χ0) is 23.4. The molecule has 10 heteroatoms. The molecule has 0 spiro atoms. The largest absolute Gasteiger partial charge is 0.416 e. The van der Waals surface area contributed by atoms with E-state index in [0.717, 1.165) is 17.0 Å². The minimum Gasteiger partial charge on any atom is -0.326 e. The molecule has 0 bridgehead atoms. The van der Waals surface area contributed by atoms with Crippen molar-refractivity contribution in [2.45, 2.75) is 44.3 Å². The number of halogens is 7. The number of nitrogens with zero attached hydrogens (tertiary/aromatic N) is 1. The van der Waals surface area contributed by atoms with Crippen LogP contribution in [-0.4, -0.2) is 18.4 Å². The third kappa shape index (κ3) is 4.13. The lowest BCUT2D eigenvalue weighted by molar-refractivity contribution is -0.138. The highest BCUT2D eigenvalue weighted by Gasteiger charge is 2.58. The molecule has 1 amide bonds. The van der Waals surface area contributed by atoms with E-state index < -0.39 is 42.0 Å². The molecular formula is C21H19Cl2F5N2O. The average molecular weight is 481 g/mol. The second kappa shape index (κ2) is 7.90. The summed E-state index contributed by atoms with van der Waals surface area (Å²) in [5.74, 6) is -4.11. The highest BCUT2D eigenvalue weighted by molar-refractivity contribution is 6.42. The Kier molecular flexibility index (Phi) is 6.06. The summed E-state index contributed by atoms with van der Waals surface area (Å²) in [6.45, 7) is 1.39. The van der Waals surface area contributed by atoms with Gasteiger partial charge in [0.25, 0.3) is 5.92 Å². The number of aryl methyl sites for hydroxylation is 1. The summed E-state index contributed by atoms with van der Waals surface area (Å²) in [6, 6.07) is 5.91. The topological polar surface area (TPSA) is 46.3 Å². The van der Waals surface area contributed by atoms with E-state index in [9.17, 15) is 26.7 Å². The number of anilines is 1. The predicted molar refractivity (Wildman–Crippen MR) is 110 cm³/mol. The van der Waals surface area contributed by atoms with Gasteiger partial charge in [0.2, 0.25) is 5.91 Å². The second-order valence-corrected chi connectivity index (χ2v) is 8.54. The van der Waals surface area contributed by atoms with Crippen molar-refractivity contribution < 1.29 is 26.7 Å². The third-order valence-electron chi connectivity index (χ3n) is 5.72. The fraction of sp³-hybridized carbons (Fsp3) is 0.381. The molecule has 1 fully saturated rings. The lowest BCUT2D eigenvalue weighted by Crippen LogP contribution is -2.45. The molecule has 1 unspecified atom stereocenters. The van der Waals surface area contributed by atoms with Crippen LogP contribution in [0.3, 0.4) is 0 Å². The first-order valence-electron chi connectivity index (χ1n) is 9.26. The lowest BCUT2D eigenvalue weighted by atomic mass is 9.74. The molecule has 3 rings (SSSR count). The van der Waals surface area contributed by atoms with Gasteiger partial charge in [-0.3, -0.25) is 4.79 Å². The van der Waals surface area contributed by atoms with Crippen molar-refractivity contribution in [1.29, 1.82) is 0 Å². The van der Waals surface area contributed by atoms with Crippen molar-refractivity contribution in [2.24, 2.45) is 5.73 Å². The average Bonchev–Trinajstić information content (AvgIpc) is 3.03. The van der Waals surface area contributed by atoms with Gasteiger partial charge in [0.15, 0.2) is 0 Å². The summed E-state index contributed by atoms with van der Waals surface area (Å²) in [4.78, 5) is 13.7. The highest BCUT2D eigenvalue weighted by atomic mass is 35.5. The predicted octanol–water partition coefficient (Wildman–Crippen LogP) is 6.11. The van der Waals surface area contributed by atoms with E-state index in [1.807, 2.05) is 0 Å². The van der Waals surface area contributed by atoms with E-state index in [-0.39, 0.29) is 33.4 Å². The van der Waals surface area contributed by atoms with Gasteiger partial charge in [0.1, 0.15) is 0 Å². The molecule has 0 aliphatic carbocycles. The standard InChI is InChI=1S/C21H19Cl2F5N2O/c1-11-5-13(6-16(22)18(11)23)20(19(2,24)25)8-17(31)30(10-20)14-4-3-12(9-29)15(7-14)21(26,27)28/h3-7H,8-10,29H2,1-2H3. The van der Waals surface area contributed by atoms with Gasteiger partial charge in [0, 0.05) is 32.1 Å². The first kappa shape index (κ1) is 23.8. The number of rotatable bonds is 4. The number of nitrogens with two attached hydrogens (primary N) is 1. The van der Waals surface area contributed by atoms with E-state index in [4.69, 9.17) is 28.9 Å². The molecule has 2 aromatic carbocycles. The summed E-state index contributed by atoms with van der Waals surface area (Å²) in [5.41, 5.74) is 2.65. The van der Waals surface area contributed by atoms with Crippen LogP contribution < -0.4 is 10.6 Å². The van der Waals surface area contributed by atoms with E-state index in [1.165, 1.54) is 18.2 Å². The number of carbonyl (C=O) groups is 1. The molecule has 1 atom stereocenters. The molecule has 2 N–H and O–H groups in total. The van der Waals surface area contributed by atoms with Crippen molar-refractivity contribution in [2.75, 3.05) is 11.4 Å². The Labute approximate surface area is 185 Å². The van der Waals surface area contributed by atoms with Gasteiger partial charge in [-0.1, -0.05) is 35.3 Å². The van der Waals surface area contributed by atoms with Crippen LogP contribution in [0.2, 0.25) is 10.0 Å². The van der Waals surface area contributed by atoms with Crippen molar-refractivity contribution in [1.82, 2.24) is 0 Å². The maximum absolute atomic E-state index is 14.9. The minimum atomic E-state index is -4.71. The minimum absolute atomic E-state index is 0.0536. The Balaban J connectivity index is 2.13. The van der Waals surface area contributed by atoms with Crippen LogP contribution >= 0.6 is 23.2 Å². The van der Waals surface area contributed by atoms with Crippen molar-refractivity contribution in [3.05, 3.63) is 62.6 Å². The number of carbonyl (C=O) groups excluding carboxylic acids is 1. The monoisotopic (exact) mass is 480 g/mol. The Hall–Kier alpha value is -1.90. The van der Waals surface area contributed by atoms with E-state index in [1.54, 1.807) is 6.92 Å². The zero-order valence-corrected chi connectivity index (χ0v) is 18.1. The summed E-state index contributed by atoms with van der Waals surface area (Å²) in [7, 11) is 0. The molecule has 2 aromatic rings. The van der Waals surface area contributed by atoms with E-state index >= 15 is 0 Å². The summed E-state index contributed by atoms with van der Waals surface area (Å²) in [6.07, 6.45) is -5.31. The first-order valence-corrected chi connectivity index (χ1v) is 10.0. The Morgan fingerprint density at radius 1 is 1.13 bits per heavy atom. The summed E-state index contributed by atoms with van der Waals surface area (Å²) >= 11 is 12.1. The maximum atomic E-state index is 14.9. The lowest BCUT2D eigenvalue weighted by Gasteiger charge is -2.35. The van der Waals surface area contributed by atoms with Crippen LogP contribution in [0.25, 0.3) is 0 Å². The van der Waals surface area contributed by atoms with E-state index in [2.05, 4.69) is 0 Å². The van der Waals surface area contributed by atoms with Gasteiger partial charge in [-0.05, 0) is 41.8 Å². The fourth-order valence-corrected chi connectivity index (χ4v) is 4.30. The smallest absolute Gasteiger partial charge is 0.326 e. The van der Waals surface area contributed by atoms with Gasteiger partial charge in [-0.25, -0.2) is 8.78 Å². The van der Waals surface area contributed by atoms with Crippen LogP contribution in [0.1, 0.15) is 35.6 Å². The number of benzene rings is 2. The second-order valence-electron chi connectivity index (χ2n) is 7.76. The van der Waals surface area contributed by atoms with Gasteiger partial charge < -0.3 is 10.6 Å². The first-order chi connectivity index (χ1) is 14.2. The number of alkyl halides is 5. The van der Waals surface area contributed by atoms with Crippen LogP contribution in [0.4, 0.5) is 27.6 Å². The quantitative estimate of drug-likeness (QED) is 0.536. The van der Waals surface area contributed by atoms with Crippen LogP contribution in [-0.2, 0) is 22.9 Å². The Morgan fingerprint density at radius 2 is 1.77 bits per heavy atom. The summed E-state index contributed by atoms with van der Waals surface area (Å²) < 4.78 is 70.1. The molecule has 1 saturated heterocycles. The number of hydrogen-bond donors (Lipinski definition) is 1. The molecule has 0 radical (unpaired) electrons. The summed E-state index contributed by atoms with van der Waals surface area (Å²) in [5, 5.41) is 0.256. The molecule has 0 aromatic heterocycles. The van der Waals surface area contributed by atoms with Gasteiger partial charge >= 0.3 is 6.18 Å². The number of hydrogen-bond acceptors (Lipinski definition) is 2. The van der Waals surface area contributed by atoms with Crippen molar-refractivity contribution >= 4 is 34.8 Å². The fourth-order valence-electron chi connectivity index (χ4n) is 3.92. The van der Waals surface area contributed by atoms with Crippen LogP contribution in [0, 0.1) is 6.92 Å². The van der Waals surface area contributed by atoms with E-state index in [0.29, 0.717) is 12.5 Å². The molecule has 31 heavy (non-hydrogen) atoms. The Morgan fingerprint density at radius 3 is 2.29 bits per heavy atom. The molecule has 1 aliphatic rings. The Bertz CT molecular complexity index is 1010. The maximum Gasteiger partial charge on any atom is 0.416 e. The van der Waals surface area contributed by atoms with Crippen LogP contribution in [0.15, 0.2) is 30.3 Å². The highest BCUT2D eigenvalue weighted by Crippen LogP contribution is 2.50.